The molecule has 1 atom stereocenters. The van der Waals surface area contributed by atoms with Gasteiger partial charge >= 0.3 is 5.97 Å². The number of aryl methyl sites for hydroxylation is 1. The van der Waals surface area contributed by atoms with Crippen molar-refractivity contribution >= 4 is 39.6 Å². The fraction of sp³-hybridized carbons (Fsp3) is 0.647. The highest BCUT2D eigenvalue weighted by molar-refractivity contribution is 7.80. The lowest BCUT2D eigenvalue weighted by Crippen LogP contribution is -2.41. The van der Waals surface area contributed by atoms with Gasteiger partial charge in [0.25, 0.3) is 0 Å². The number of likely N-dealkylation sites (tertiary alicyclic amines) is 1. The van der Waals surface area contributed by atoms with Gasteiger partial charge in [-0.15, -0.1) is 11.3 Å². The zero-order valence-electron chi connectivity index (χ0n) is 13.8. The summed E-state index contributed by atoms with van der Waals surface area (Å²) in [4.78, 5) is 15.8. The van der Waals surface area contributed by atoms with E-state index in [1.807, 2.05) is 0 Å². The second-order valence-corrected chi connectivity index (χ2v) is 8.02. The Kier molecular flexibility index (Phi) is 5.21. The Morgan fingerprint density at radius 2 is 2.13 bits per heavy atom. The molecule has 3 rings (SSSR count). The van der Waals surface area contributed by atoms with Crippen molar-refractivity contribution in [3.63, 3.8) is 0 Å². The van der Waals surface area contributed by atoms with Gasteiger partial charge in [0.15, 0.2) is 5.11 Å². The number of piperidine rings is 1. The van der Waals surface area contributed by atoms with E-state index in [4.69, 9.17) is 17.0 Å². The number of thiophene rings is 1. The van der Waals surface area contributed by atoms with Crippen LogP contribution in [0.25, 0.3) is 0 Å². The minimum Gasteiger partial charge on any atom is -0.465 e. The molecule has 1 saturated heterocycles. The quantitative estimate of drug-likeness (QED) is 0.647. The van der Waals surface area contributed by atoms with Gasteiger partial charge in [-0.3, -0.25) is 0 Å². The molecule has 0 radical (unpaired) electrons. The molecule has 1 aromatic rings. The Hall–Kier alpha value is -1.14. The van der Waals surface area contributed by atoms with Gasteiger partial charge in [0, 0.05) is 18.0 Å². The number of esters is 1. The van der Waals surface area contributed by atoms with Crippen molar-refractivity contribution in [3.05, 3.63) is 16.0 Å². The number of thiocarbonyl (C=S) groups is 1. The molecule has 1 aliphatic carbocycles. The molecule has 23 heavy (non-hydrogen) atoms. The molecular weight excluding hydrogens is 328 g/mol. The van der Waals surface area contributed by atoms with Crippen LogP contribution in [0.4, 0.5) is 5.00 Å². The summed E-state index contributed by atoms with van der Waals surface area (Å²) >= 11 is 7.27. The molecule has 1 N–H and O–H groups in total. The van der Waals surface area contributed by atoms with Crippen LogP contribution in [0.5, 0.6) is 0 Å². The second-order valence-electron chi connectivity index (χ2n) is 6.53. The Labute approximate surface area is 147 Å². The lowest BCUT2D eigenvalue weighted by molar-refractivity contribution is 0.0601. The van der Waals surface area contributed by atoms with Crippen LogP contribution in [0.3, 0.4) is 0 Å². The summed E-state index contributed by atoms with van der Waals surface area (Å²) in [6, 6.07) is 0. The SMILES string of the molecule is COC(=O)c1c(NC(=S)N2CCC[C@@H](C)C2)sc2c1CCCC2. The number of carbonyl (C=O) groups is 1. The van der Waals surface area contributed by atoms with Crippen LogP contribution in [0.2, 0.25) is 0 Å². The summed E-state index contributed by atoms with van der Waals surface area (Å²) in [6.45, 7) is 4.25. The Morgan fingerprint density at radius 3 is 2.87 bits per heavy atom. The standard InChI is InChI=1S/C17H24N2O2S2/c1-11-6-5-9-19(10-11)17(22)18-15-14(16(20)21-2)12-7-3-4-8-13(12)23-15/h11H,3-10H2,1-2H3,(H,18,22)/t11-/m1/s1. The monoisotopic (exact) mass is 352 g/mol. The maximum Gasteiger partial charge on any atom is 0.341 e. The number of ether oxygens (including phenoxy) is 1. The topological polar surface area (TPSA) is 41.6 Å². The number of anilines is 1. The smallest absolute Gasteiger partial charge is 0.341 e. The van der Waals surface area contributed by atoms with Crippen molar-refractivity contribution in [1.29, 1.82) is 0 Å². The average Bonchev–Trinajstić information content (AvgIpc) is 2.92. The average molecular weight is 353 g/mol. The van der Waals surface area contributed by atoms with Crippen molar-refractivity contribution in [2.75, 3.05) is 25.5 Å². The van der Waals surface area contributed by atoms with Gasteiger partial charge in [0.05, 0.1) is 12.7 Å². The van der Waals surface area contributed by atoms with Gasteiger partial charge in [-0.1, -0.05) is 6.92 Å². The van der Waals surface area contributed by atoms with Gasteiger partial charge < -0.3 is 15.0 Å². The summed E-state index contributed by atoms with van der Waals surface area (Å²) in [7, 11) is 1.45. The highest BCUT2D eigenvalue weighted by Crippen LogP contribution is 2.38. The van der Waals surface area contributed by atoms with Gasteiger partial charge in [-0.05, 0) is 62.2 Å². The molecule has 0 spiro atoms. The van der Waals surface area contributed by atoms with Gasteiger partial charge in [-0.25, -0.2) is 4.79 Å². The molecule has 0 saturated carbocycles. The molecule has 1 aliphatic heterocycles. The Balaban J connectivity index is 1.83. The van der Waals surface area contributed by atoms with E-state index in [1.165, 1.54) is 36.8 Å². The Morgan fingerprint density at radius 1 is 1.35 bits per heavy atom. The number of fused-ring (bicyclic) bond motifs is 1. The molecule has 1 aromatic heterocycles. The van der Waals surface area contributed by atoms with Crippen LogP contribution in [-0.2, 0) is 17.6 Å². The number of rotatable bonds is 2. The van der Waals surface area contributed by atoms with Crippen LogP contribution in [0.15, 0.2) is 0 Å². The number of methoxy groups -OCH3 is 1. The van der Waals surface area contributed by atoms with E-state index in [1.54, 1.807) is 11.3 Å². The first-order chi connectivity index (χ1) is 11.1. The second kappa shape index (κ2) is 7.18. The first-order valence-corrected chi connectivity index (χ1v) is 9.61. The minimum absolute atomic E-state index is 0.248. The molecule has 2 aliphatic rings. The van der Waals surface area contributed by atoms with Crippen molar-refractivity contribution in [2.24, 2.45) is 5.92 Å². The summed E-state index contributed by atoms with van der Waals surface area (Å²) in [5, 5.41) is 4.95. The number of nitrogens with zero attached hydrogens (tertiary/aromatic N) is 1. The van der Waals surface area contributed by atoms with E-state index in [0.29, 0.717) is 11.5 Å². The fourth-order valence-electron chi connectivity index (χ4n) is 3.52. The van der Waals surface area contributed by atoms with Crippen molar-refractivity contribution in [1.82, 2.24) is 4.90 Å². The van der Waals surface area contributed by atoms with Crippen LogP contribution >= 0.6 is 23.6 Å². The third kappa shape index (κ3) is 3.53. The van der Waals surface area contributed by atoms with Crippen LogP contribution < -0.4 is 5.32 Å². The first-order valence-electron chi connectivity index (χ1n) is 8.39. The van der Waals surface area contributed by atoms with Crippen molar-refractivity contribution in [3.8, 4) is 0 Å². The molecule has 1 fully saturated rings. The van der Waals surface area contributed by atoms with E-state index in [9.17, 15) is 4.79 Å². The van der Waals surface area contributed by atoms with Crippen LogP contribution in [0, 0.1) is 5.92 Å². The highest BCUT2D eigenvalue weighted by atomic mass is 32.1. The third-order valence-corrected chi connectivity index (χ3v) is 6.29. The molecule has 0 unspecified atom stereocenters. The number of carbonyl (C=O) groups excluding carboxylic acids is 1. The zero-order valence-corrected chi connectivity index (χ0v) is 15.4. The van der Waals surface area contributed by atoms with Crippen molar-refractivity contribution in [2.45, 2.75) is 45.4 Å². The van der Waals surface area contributed by atoms with E-state index in [2.05, 4.69) is 17.1 Å². The molecular formula is C17H24N2O2S2. The summed E-state index contributed by atoms with van der Waals surface area (Å²) in [5.41, 5.74) is 1.88. The molecule has 0 aromatic carbocycles. The largest absolute Gasteiger partial charge is 0.465 e. The normalized spacial score (nSPS) is 20.8. The molecule has 0 amide bonds. The predicted molar refractivity (Wildman–Crippen MR) is 98.5 cm³/mol. The number of hydrogen-bond acceptors (Lipinski definition) is 4. The van der Waals surface area contributed by atoms with Crippen molar-refractivity contribution < 1.29 is 9.53 Å². The van der Waals surface area contributed by atoms with E-state index < -0.39 is 0 Å². The van der Waals surface area contributed by atoms with Gasteiger partial charge in [0.1, 0.15) is 5.00 Å². The highest BCUT2D eigenvalue weighted by Gasteiger charge is 2.27. The lowest BCUT2D eigenvalue weighted by Gasteiger charge is -2.33. The maximum atomic E-state index is 12.3. The summed E-state index contributed by atoms with van der Waals surface area (Å²) in [6.07, 6.45) is 6.79. The first kappa shape index (κ1) is 16.7. The molecule has 6 heteroatoms. The van der Waals surface area contributed by atoms with E-state index in [0.717, 1.165) is 42.5 Å². The van der Waals surface area contributed by atoms with E-state index >= 15 is 0 Å². The molecule has 0 bridgehead atoms. The lowest BCUT2D eigenvalue weighted by atomic mass is 9.95. The van der Waals surface area contributed by atoms with Crippen LogP contribution in [-0.4, -0.2) is 36.2 Å². The van der Waals surface area contributed by atoms with E-state index in [-0.39, 0.29) is 5.97 Å². The summed E-state index contributed by atoms with van der Waals surface area (Å²) < 4.78 is 5.02. The molecule has 2 heterocycles. The third-order valence-electron chi connectivity index (χ3n) is 4.73. The minimum atomic E-state index is -0.248. The fourth-order valence-corrected chi connectivity index (χ4v) is 5.13. The van der Waals surface area contributed by atoms with Crippen LogP contribution in [0.1, 0.15) is 53.4 Å². The number of hydrogen-bond donors (Lipinski definition) is 1. The molecule has 126 valence electrons. The van der Waals surface area contributed by atoms with Gasteiger partial charge in [0.2, 0.25) is 0 Å². The Bertz CT molecular complexity index is 612. The van der Waals surface area contributed by atoms with Gasteiger partial charge in [-0.2, -0.15) is 0 Å². The predicted octanol–water partition coefficient (Wildman–Crippen LogP) is 3.84. The zero-order chi connectivity index (χ0) is 16.4. The molecule has 4 nitrogen and oxygen atoms in total. The maximum absolute atomic E-state index is 12.3. The number of nitrogens with one attached hydrogen (secondary N) is 1. The summed E-state index contributed by atoms with van der Waals surface area (Å²) in [5.74, 6) is 0.418.